The lowest BCUT2D eigenvalue weighted by Gasteiger charge is -2.12. The van der Waals surface area contributed by atoms with Crippen molar-refractivity contribution in [2.75, 3.05) is 0 Å². The van der Waals surface area contributed by atoms with Crippen molar-refractivity contribution in [3.63, 3.8) is 0 Å². The van der Waals surface area contributed by atoms with Crippen LogP contribution in [-0.4, -0.2) is 5.91 Å². The topological polar surface area (TPSA) is 64.3 Å². The van der Waals surface area contributed by atoms with E-state index < -0.39 is 0 Å². The lowest BCUT2D eigenvalue weighted by Crippen LogP contribution is -2.31. The van der Waals surface area contributed by atoms with Crippen molar-refractivity contribution in [3.8, 4) is 5.75 Å². The van der Waals surface area contributed by atoms with Crippen LogP contribution in [-0.2, 0) is 17.8 Å². The minimum atomic E-state index is -0.231. The number of nitrogens with one attached hydrogen (secondary N) is 1. The maximum Gasteiger partial charge on any atom is 0.238 e. The smallest absolute Gasteiger partial charge is 0.238 e. The number of benzene rings is 2. The van der Waals surface area contributed by atoms with Crippen molar-refractivity contribution in [1.82, 2.24) is 5.43 Å². The first-order valence-electron chi connectivity index (χ1n) is 6.55. The molecule has 1 amide bonds. The summed E-state index contributed by atoms with van der Waals surface area (Å²) in [6.45, 7) is 2.32. The largest absolute Gasteiger partial charge is 0.489 e. The van der Waals surface area contributed by atoms with Gasteiger partial charge in [-0.1, -0.05) is 35.9 Å². The molecule has 5 heteroatoms. The molecule has 0 bridgehead atoms. The zero-order chi connectivity index (χ0) is 15.2. The van der Waals surface area contributed by atoms with Gasteiger partial charge in [0, 0.05) is 5.02 Å². The second-order valence-corrected chi connectivity index (χ2v) is 5.15. The highest BCUT2D eigenvalue weighted by atomic mass is 35.5. The minimum Gasteiger partial charge on any atom is -0.489 e. The molecule has 0 fully saturated rings. The van der Waals surface area contributed by atoms with Crippen molar-refractivity contribution in [2.24, 2.45) is 5.84 Å². The molecule has 0 atom stereocenters. The van der Waals surface area contributed by atoms with Crippen molar-refractivity contribution < 1.29 is 9.53 Å². The molecule has 0 aliphatic carbocycles. The number of carbonyl (C=O) groups is 1. The number of nitrogens with two attached hydrogens (primary N) is 1. The van der Waals surface area contributed by atoms with Crippen LogP contribution in [0.2, 0.25) is 5.02 Å². The zero-order valence-corrected chi connectivity index (χ0v) is 12.5. The lowest BCUT2D eigenvalue weighted by atomic mass is 10.0. The fraction of sp³-hybridized carbons (Fsp3) is 0.188. The number of carbonyl (C=O) groups excluding carboxylic acids is 1. The molecular formula is C16H17ClN2O2. The number of hydrogen-bond acceptors (Lipinski definition) is 3. The number of aryl methyl sites for hydroxylation is 1. The van der Waals surface area contributed by atoms with Crippen LogP contribution in [0.4, 0.5) is 0 Å². The van der Waals surface area contributed by atoms with E-state index in [0.29, 0.717) is 11.6 Å². The SMILES string of the molecule is Cc1cc(Cl)ccc1OCc1ccccc1CC(=O)NN. The van der Waals surface area contributed by atoms with Crippen LogP contribution in [0.3, 0.4) is 0 Å². The molecule has 2 aromatic rings. The fourth-order valence-electron chi connectivity index (χ4n) is 2.03. The maximum absolute atomic E-state index is 11.4. The quantitative estimate of drug-likeness (QED) is 0.507. The molecule has 2 rings (SSSR count). The van der Waals surface area contributed by atoms with Crippen LogP contribution in [0.1, 0.15) is 16.7 Å². The van der Waals surface area contributed by atoms with E-state index in [1.807, 2.05) is 43.3 Å². The van der Waals surface area contributed by atoms with Gasteiger partial charge in [0.25, 0.3) is 0 Å². The van der Waals surface area contributed by atoms with Crippen LogP contribution in [0, 0.1) is 6.92 Å². The Kier molecular flexibility index (Phi) is 5.20. The number of hydrogen-bond donors (Lipinski definition) is 2. The first-order valence-corrected chi connectivity index (χ1v) is 6.93. The molecule has 0 unspecified atom stereocenters. The molecule has 0 saturated carbocycles. The normalized spacial score (nSPS) is 10.2. The molecule has 0 radical (unpaired) electrons. The second kappa shape index (κ2) is 7.11. The first-order chi connectivity index (χ1) is 10.1. The van der Waals surface area contributed by atoms with Gasteiger partial charge in [0.2, 0.25) is 5.91 Å². The van der Waals surface area contributed by atoms with Crippen molar-refractivity contribution >= 4 is 17.5 Å². The molecule has 110 valence electrons. The van der Waals surface area contributed by atoms with E-state index in [9.17, 15) is 4.79 Å². The molecular weight excluding hydrogens is 288 g/mol. The van der Waals surface area contributed by atoms with Gasteiger partial charge in [-0.3, -0.25) is 10.2 Å². The van der Waals surface area contributed by atoms with Crippen molar-refractivity contribution in [2.45, 2.75) is 20.0 Å². The average Bonchev–Trinajstić information content (AvgIpc) is 2.47. The summed E-state index contributed by atoms with van der Waals surface area (Å²) in [6, 6.07) is 13.1. The summed E-state index contributed by atoms with van der Waals surface area (Å²) in [5.41, 5.74) is 4.96. The molecule has 3 N–H and O–H groups in total. The number of rotatable bonds is 5. The van der Waals surface area contributed by atoms with E-state index in [-0.39, 0.29) is 12.3 Å². The Morgan fingerprint density at radius 1 is 1.24 bits per heavy atom. The predicted octanol–water partition coefficient (Wildman–Crippen LogP) is 2.76. The van der Waals surface area contributed by atoms with Crippen LogP contribution >= 0.6 is 11.6 Å². The molecule has 0 saturated heterocycles. The monoisotopic (exact) mass is 304 g/mol. The van der Waals surface area contributed by atoms with Gasteiger partial charge in [-0.15, -0.1) is 0 Å². The van der Waals surface area contributed by atoms with Gasteiger partial charge < -0.3 is 4.74 Å². The average molecular weight is 305 g/mol. The Morgan fingerprint density at radius 2 is 1.95 bits per heavy atom. The van der Waals surface area contributed by atoms with Gasteiger partial charge in [0.05, 0.1) is 6.42 Å². The molecule has 2 aromatic carbocycles. The summed E-state index contributed by atoms with van der Waals surface area (Å²) in [5, 5.41) is 0.680. The Balaban J connectivity index is 2.11. The van der Waals surface area contributed by atoms with E-state index in [1.165, 1.54) is 0 Å². The van der Waals surface area contributed by atoms with E-state index in [4.69, 9.17) is 22.2 Å². The molecule has 0 aliphatic rings. The van der Waals surface area contributed by atoms with E-state index in [2.05, 4.69) is 5.43 Å². The van der Waals surface area contributed by atoms with Crippen LogP contribution in [0.25, 0.3) is 0 Å². The highest BCUT2D eigenvalue weighted by Crippen LogP contribution is 2.23. The number of ether oxygens (including phenoxy) is 1. The van der Waals surface area contributed by atoms with Gasteiger partial charge in [0.1, 0.15) is 12.4 Å². The Hall–Kier alpha value is -2.04. The Bertz CT molecular complexity index is 644. The number of halogens is 1. The van der Waals surface area contributed by atoms with Crippen molar-refractivity contribution in [1.29, 1.82) is 0 Å². The van der Waals surface area contributed by atoms with Gasteiger partial charge in [-0.25, -0.2) is 5.84 Å². The van der Waals surface area contributed by atoms with Crippen LogP contribution in [0.5, 0.6) is 5.75 Å². The second-order valence-electron chi connectivity index (χ2n) is 4.71. The van der Waals surface area contributed by atoms with Gasteiger partial charge >= 0.3 is 0 Å². The summed E-state index contributed by atoms with van der Waals surface area (Å²) >= 11 is 5.92. The third-order valence-corrected chi connectivity index (χ3v) is 3.39. The standard InChI is InChI=1S/C16H17ClN2O2/c1-11-8-14(17)6-7-15(11)21-10-13-5-3-2-4-12(13)9-16(20)19-18/h2-8H,9-10,18H2,1H3,(H,19,20). The summed E-state index contributed by atoms with van der Waals surface area (Å²) in [4.78, 5) is 11.4. The summed E-state index contributed by atoms with van der Waals surface area (Å²) < 4.78 is 5.81. The van der Waals surface area contributed by atoms with Crippen molar-refractivity contribution in [3.05, 3.63) is 64.2 Å². The highest BCUT2D eigenvalue weighted by Gasteiger charge is 2.08. The Morgan fingerprint density at radius 3 is 2.62 bits per heavy atom. The van der Waals surface area contributed by atoms with Crippen LogP contribution in [0.15, 0.2) is 42.5 Å². The summed E-state index contributed by atoms with van der Waals surface area (Å²) in [6.07, 6.45) is 0.232. The third kappa shape index (κ3) is 4.21. The van der Waals surface area contributed by atoms with Gasteiger partial charge in [-0.05, 0) is 41.8 Å². The third-order valence-electron chi connectivity index (χ3n) is 3.15. The fourth-order valence-corrected chi connectivity index (χ4v) is 2.25. The lowest BCUT2D eigenvalue weighted by molar-refractivity contribution is -0.120. The minimum absolute atomic E-state index is 0.231. The van der Waals surface area contributed by atoms with E-state index in [0.717, 1.165) is 22.4 Å². The molecule has 0 heterocycles. The maximum atomic E-state index is 11.4. The molecule has 0 aromatic heterocycles. The molecule has 0 spiro atoms. The van der Waals surface area contributed by atoms with E-state index >= 15 is 0 Å². The predicted molar refractivity (Wildman–Crippen MR) is 83.0 cm³/mol. The van der Waals surface area contributed by atoms with Gasteiger partial charge in [-0.2, -0.15) is 0 Å². The Labute approximate surface area is 128 Å². The van der Waals surface area contributed by atoms with E-state index in [1.54, 1.807) is 6.07 Å². The molecule has 0 aliphatic heterocycles. The first kappa shape index (κ1) is 15.4. The number of amides is 1. The number of hydrazine groups is 1. The van der Waals surface area contributed by atoms with Gasteiger partial charge in [0.15, 0.2) is 0 Å². The summed E-state index contributed by atoms with van der Waals surface area (Å²) in [5.74, 6) is 5.67. The molecule has 4 nitrogen and oxygen atoms in total. The van der Waals surface area contributed by atoms with Crippen LogP contribution < -0.4 is 16.0 Å². The molecule has 21 heavy (non-hydrogen) atoms. The highest BCUT2D eigenvalue weighted by molar-refractivity contribution is 6.30. The summed E-state index contributed by atoms with van der Waals surface area (Å²) in [7, 11) is 0. The zero-order valence-electron chi connectivity index (χ0n) is 11.7.